The zero-order valence-electron chi connectivity index (χ0n) is 10.4. The minimum absolute atomic E-state index is 0.167. The molecule has 104 valence electrons. The predicted molar refractivity (Wildman–Crippen MR) is 70.0 cm³/mol. The first-order valence-corrected chi connectivity index (χ1v) is 7.30. The summed E-state index contributed by atoms with van der Waals surface area (Å²) in [6, 6.07) is 3.64. The summed E-state index contributed by atoms with van der Waals surface area (Å²) in [5.41, 5.74) is 5.17. The van der Waals surface area contributed by atoms with E-state index in [1.54, 1.807) is 0 Å². The van der Waals surface area contributed by atoms with Crippen LogP contribution in [-0.4, -0.2) is 30.7 Å². The highest BCUT2D eigenvalue weighted by Gasteiger charge is 2.35. The maximum atomic E-state index is 12.4. The van der Waals surface area contributed by atoms with Crippen molar-refractivity contribution in [3.63, 3.8) is 0 Å². The van der Waals surface area contributed by atoms with Gasteiger partial charge in [-0.05, 0) is 24.5 Å². The topological polar surface area (TPSA) is 107 Å². The van der Waals surface area contributed by atoms with Gasteiger partial charge in [-0.1, -0.05) is 6.92 Å². The maximum Gasteiger partial charge on any atom is 0.291 e. The molecule has 0 aromatic heterocycles. The fourth-order valence-electron chi connectivity index (χ4n) is 2.15. The zero-order valence-corrected chi connectivity index (χ0v) is 11.3. The average Bonchev–Trinajstić information content (AvgIpc) is 2.76. The number of benzene rings is 1. The highest BCUT2D eigenvalue weighted by molar-refractivity contribution is 7.89. The summed E-state index contributed by atoms with van der Waals surface area (Å²) < 4.78 is 26.1. The third-order valence-corrected chi connectivity index (χ3v) is 5.10. The number of nitro groups is 1. The Bertz CT molecular complexity index is 614. The Hall–Kier alpha value is -1.67. The van der Waals surface area contributed by atoms with Crippen LogP contribution in [-0.2, 0) is 10.0 Å². The molecule has 1 unspecified atom stereocenters. The second-order valence-electron chi connectivity index (χ2n) is 4.74. The van der Waals surface area contributed by atoms with Gasteiger partial charge >= 0.3 is 0 Å². The number of nitrogens with zero attached hydrogens (tertiary/aromatic N) is 2. The Labute approximate surface area is 111 Å². The lowest BCUT2D eigenvalue weighted by Gasteiger charge is -2.16. The lowest BCUT2D eigenvalue weighted by molar-refractivity contribution is -0.387. The van der Waals surface area contributed by atoms with Crippen LogP contribution in [0.5, 0.6) is 0 Å². The van der Waals surface area contributed by atoms with Gasteiger partial charge in [0.1, 0.15) is 0 Å². The molecule has 0 bridgehead atoms. The molecule has 0 radical (unpaired) electrons. The van der Waals surface area contributed by atoms with E-state index in [4.69, 9.17) is 5.73 Å². The fourth-order valence-corrected chi connectivity index (χ4v) is 3.86. The van der Waals surface area contributed by atoms with Gasteiger partial charge in [-0.3, -0.25) is 10.1 Å². The van der Waals surface area contributed by atoms with Gasteiger partial charge in [0.05, 0.1) is 4.92 Å². The van der Waals surface area contributed by atoms with Crippen molar-refractivity contribution in [2.45, 2.75) is 18.2 Å². The van der Waals surface area contributed by atoms with Crippen molar-refractivity contribution in [2.24, 2.45) is 5.92 Å². The third kappa shape index (κ3) is 2.54. The van der Waals surface area contributed by atoms with Crippen molar-refractivity contribution < 1.29 is 13.3 Å². The molecule has 2 rings (SSSR count). The number of hydrogen-bond donors (Lipinski definition) is 1. The van der Waals surface area contributed by atoms with Crippen LogP contribution in [0.15, 0.2) is 23.1 Å². The molecule has 0 saturated carbocycles. The molecule has 1 fully saturated rings. The van der Waals surface area contributed by atoms with E-state index in [0.717, 1.165) is 12.5 Å². The quantitative estimate of drug-likeness (QED) is 0.510. The smallest absolute Gasteiger partial charge is 0.291 e. The number of nitrogen functional groups attached to an aromatic ring is 1. The van der Waals surface area contributed by atoms with Gasteiger partial charge in [-0.25, -0.2) is 8.42 Å². The SMILES string of the molecule is CC1CCN(S(=O)(=O)c2ccc(N)cc2[N+](=O)[O-])C1. The summed E-state index contributed by atoms with van der Waals surface area (Å²) in [6.45, 7) is 2.74. The van der Waals surface area contributed by atoms with Gasteiger partial charge in [0.15, 0.2) is 4.90 Å². The Balaban J connectivity index is 2.49. The molecule has 19 heavy (non-hydrogen) atoms. The molecule has 1 aromatic rings. The molecule has 1 aromatic carbocycles. The van der Waals surface area contributed by atoms with E-state index in [9.17, 15) is 18.5 Å². The van der Waals surface area contributed by atoms with Gasteiger partial charge in [-0.15, -0.1) is 0 Å². The largest absolute Gasteiger partial charge is 0.399 e. The summed E-state index contributed by atoms with van der Waals surface area (Å²) >= 11 is 0. The van der Waals surface area contributed by atoms with Gasteiger partial charge in [0.2, 0.25) is 10.0 Å². The van der Waals surface area contributed by atoms with Gasteiger partial charge < -0.3 is 5.73 Å². The Morgan fingerprint density at radius 2 is 2.16 bits per heavy atom. The van der Waals surface area contributed by atoms with Crippen molar-refractivity contribution in [3.05, 3.63) is 28.3 Å². The van der Waals surface area contributed by atoms with E-state index >= 15 is 0 Å². The second-order valence-corrected chi connectivity index (χ2v) is 6.65. The minimum atomic E-state index is -3.83. The van der Waals surface area contributed by atoms with E-state index in [2.05, 4.69) is 0 Å². The number of sulfonamides is 1. The molecule has 0 amide bonds. The third-order valence-electron chi connectivity index (χ3n) is 3.18. The molecular formula is C11H15N3O4S. The zero-order chi connectivity index (χ0) is 14.2. The summed E-state index contributed by atoms with van der Waals surface area (Å²) in [6.07, 6.45) is 0.766. The number of anilines is 1. The van der Waals surface area contributed by atoms with Crippen molar-refractivity contribution >= 4 is 21.4 Å². The van der Waals surface area contributed by atoms with E-state index in [0.29, 0.717) is 13.1 Å². The molecule has 1 heterocycles. The second kappa shape index (κ2) is 4.78. The van der Waals surface area contributed by atoms with Crippen LogP contribution in [0.25, 0.3) is 0 Å². The molecule has 2 N–H and O–H groups in total. The van der Waals surface area contributed by atoms with Gasteiger partial charge in [0, 0.05) is 24.8 Å². The molecule has 1 aliphatic heterocycles. The predicted octanol–water partition coefficient (Wildman–Crippen LogP) is 1.21. The van der Waals surface area contributed by atoms with Crippen LogP contribution < -0.4 is 5.73 Å². The maximum absolute atomic E-state index is 12.4. The highest BCUT2D eigenvalue weighted by Crippen LogP contribution is 2.31. The first kappa shape index (κ1) is 13.8. The van der Waals surface area contributed by atoms with E-state index in [1.807, 2.05) is 6.92 Å². The Kier molecular flexibility index (Phi) is 3.46. The van der Waals surface area contributed by atoms with Crippen LogP contribution in [0.4, 0.5) is 11.4 Å². The number of nitrogens with two attached hydrogens (primary N) is 1. The monoisotopic (exact) mass is 285 g/mol. The molecule has 1 saturated heterocycles. The standard InChI is InChI=1S/C11H15N3O4S/c1-8-4-5-13(7-8)19(17,18)11-3-2-9(12)6-10(11)14(15)16/h2-3,6,8H,4-5,7,12H2,1H3. The highest BCUT2D eigenvalue weighted by atomic mass is 32.2. The van der Waals surface area contributed by atoms with Crippen LogP contribution in [0.2, 0.25) is 0 Å². The van der Waals surface area contributed by atoms with Crippen molar-refractivity contribution in [3.8, 4) is 0 Å². The average molecular weight is 285 g/mol. The summed E-state index contributed by atoms with van der Waals surface area (Å²) in [7, 11) is -3.83. The lowest BCUT2D eigenvalue weighted by atomic mass is 10.2. The van der Waals surface area contributed by atoms with Crippen LogP contribution >= 0.6 is 0 Å². The first-order valence-electron chi connectivity index (χ1n) is 5.86. The molecule has 0 spiro atoms. The van der Waals surface area contributed by atoms with E-state index in [-0.39, 0.29) is 16.5 Å². The van der Waals surface area contributed by atoms with E-state index in [1.165, 1.54) is 16.4 Å². The Morgan fingerprint density at radius 1 is 1.47 bits per heavy atom. The van der Waals surface area contributed by atoms with Gasteiger partial charge in [-0.2, -0.15) is 4.31 Å². The molecular weight excluding hydrogens is 270 g/mol. The molecule has 0 aliphatic carbocycles. The number of rotatable bonds is 3. The summed E-state index contributed by atoms with van der Waals surface area (Å²) in [4.78, 5) is 9.96. The van der Waals surface area contributed by atoms with Crippen molar-refractivity contribution in [1.29, 1.82) is 0 Å². The van der Waals surface area contributed by atoms with Crippen molar-refractivity contribution in [2.75, 3.05) is 18.8 Å². The fraction of sp³-hybridized carbons (Fsp3) is 0.455. The molecule has 1 atom stereocenters. The number of hydrogen-bond acceptors (Lipinski definition) is 5. The summed E-state index contributed by atoms with van der Waals surface area (Å²) in [5.74, 6) is 0.266. The molecule has 8 heteroatoms. The van der Waals surface area contributed by atoms with Crippen LogP contribution in [0.3, 0.4) is 0 Å². The molecule has 7 nitrogen and oxygen atoms in total. The van der Waals surface area contributed by atoms with Crippen molar-refractivity contribution in [1.82, 2.24) is 4.31 Å². The normalized spacial score (nSPS) is 20.6. The van der Waals surface area contributed by atoms with Crippen LogP contribution in [0, 0.1) is 16.0 Å². The first-order chi connectivity index (χ1) is 8.82. The lowest BCUT2D eigenvalue weighted by Crippen LogP contribution is -2.29. The van der Waals surface area contributed by atoms with Crippen LogP contribution in [0.1, 0.15) is 13.3 Å². The molecule has 1 aliphatic rings. The van der Waals surface area contributed by atoms with Gasteiger partial charge in [0.25, 0.3) is 5.69 Å². The van der Waals surface area contributed by atoms with E-state index < -0.39 is 20.6 Å². The number of nitro benzene ring substituents is 1. The summed E-state index contributed by atoms with van der Waals surface area (Å²) in [5, 5.41) is 11.0. The Morgan fingerprint density at radius 3 is 2.68 bits per heavy atom. The minimum Gasteiger partial charge on any atom is -0.399 e.